The topological polar surface area (TPSA) is 258 Å². The van der Waals surface area contributed by atoms with E-state index in [9.17, 15) is 51.1 Å². The summed E-state index contributed by atoms with van der Waals surface area (Å²) in [6, 6.07) is 0. The Kier molecular flexibility index (Phi) is 10.1. The second kappa shape index (κ2) is 12.3. The van der Waals surface area contributed by atoms with E-state index in [1.54, 1.807) is 0 Å². The van der Waals surface area contributed by atoms with E-state index >= 15 is 0 Å². The zero-order valence-electron chi connectivity index (χ0n) is 18.7. The van der Waals surface area contributed by atoms with E-state index in [-0.39, 0.29) is 0 Å². The molecule has 3 aliphatic heterocycles. The van der Waals surface area contributed by atoms with Crippen molar-refractivity contribution in [2.45, 2.75) is 92.1 Å². The first-order valence-electron chi connectivity index (χ1n) is 11.0. The Hall–Kier alpha value is -0.640. The van der Waals surface area contributed by atoms with Crippen LogP contribution in [0.2, 0.25) is 0 Å². The molecular weight excluding hydrogens is 484 g/mol. The lowest BCUT2D eigenvalue weighted by atomic mass is 9.96. The highest BCUT2D eigenvalue weighted by molar-refractivity contribution is 4.95. The largest absolute Gasteiger partial charge is 0.394 e. The van der Waals surface area contributed by atoms with Gasteiger partial charge in [-0.3, -0.25) is 0 Å². The van der Waals surface area contributed by atoms with Gasteiger partial charge in [-0.1, -0.05) is 0 Å². The van der Waals surface area contributed by atoms with Crippen molar-refractivity contribution in [1.29, 1.82) is 0 Å². The van der Waals surface area contributed by atoms with Crippen molar-refractivity contribution in [3.63, 3.8) is 0 Å². The summed E-state index contributed by atoms with van der Waals surface area (Å²) >= 11 is 0. The minimum atomic E-state index is -1.80. The van der Waals surface area contributed by atoms with Crippen LogP contribution < -0.4 is 0 Å². The van der Waals surface area contributed by atoms with Gasteiger partial charge < -0.3 is 79.5 Å². The molecule has 0 aromatic carbocycles. The zero-order chi connectivity index (χ0) is 26.0. The molecule has 0 bridgehead atoms. The van der Waals surface area contributed by atoms with Gasteiger partial charge >= 0.3 is 0 Å². The minimum Gasteiger partial charge on any atom is -0.394 e. The maximum absolute atomic E-state index is 10.5. The van der Waals surface area contributed by atoms with Gasteiger partial charge in [0.15, 0.2) is 18.9 Å². The molecule has 0 aromatic rings. The van der Waals surface area contributed by atoms with Crippen molar-refractivity contribution in [3.8, 4) is 0 Å². The fourth-order valence-corrected chi connectivity index (χ4v) is 4.23. The highest BCUT2D eigenvalue weighted by atomic mass is 16.7. The first kappa shape index (κ1) is 28.9. The van der Waals surface area contributed by atoms with Crippen molar-refractivity contribution < 1.29 is 79.5 Å². The van der Waals surface area contributed by atoms with Gasteiger partial charge in [0, 0.05) is 7.11 Å². The summed E-state index contributed by atoms with van der Waals surface area (Å²) in [5, 5.41) is 99.5. The highest BCUT2D eigenvalue weighted by Crippen LogP contribution is 2.30. The van der Waals surface area contributed by atoms with Crippen LogP contribution in [0.1, 0.15) is 0 Å². The predicted octanol–water partition coefficient (Wildman–Crippen LogP) is -6.92. The molecule has 3 saturated heterocycles. The normalized spacial score (nSPS) is 51.3. The molecule has 3 fully saturated rings. The van der Waals surface area contributed by atoms with Gasteiger partial charge in [0.2, 0.25) is 0 Å². The van der Waals surface area contributed by atoms with Crippen LogP contribution in [0.4, 0.5) is 0 Å². The smallest absolute Gasteiger partial charge is 0.187 e. The van der Waals surface area contributed by atoms with Gasteiger partial charge in [0.25, 0.3) is 0 Å². The third kappa shape index (κ3) is 5.93. The Morgan fingerprint density at radius 3 is 1.74 bits per heavy atom. The first-order valence-corrected chi connectivity index (χ1v) is 11.0. The van der Waals surface area contributed by atoms with Crippen LogP contribution in [0.5, 0.6) is 0 Å². The van der Waals surface area contributed by atoms with Gasteiger partial charge in [-0.25, -0.2) is 0 Å². The number of ether oxygens (including phenoxy) is 6. The van der Waals surface area contributed by atoms with Crippen LogP contribution in [-0.4, -0.2) is 170 Å². The molecular formula is C19H34O16. The Balaban J connectivity index is 1.70. The first-order chi connectivity index (χ1) is 16.5. The average molecular weight is 518 g/mol. The number of rotatable bonds is 8. The SMILES string of the molecule is CO[C@H]1C(CO[C@@H]2OC(CO)[C@H](O)[C@H](O)C2O)O[C@@H](O[C@H]2C(CO)O[C@@H](O)C(O)[C@H]2O)C(O)[C@H]1O. The molecule has 16 nitrogen and oxygen atoms in total. The average Bonchev–Trinajstić information content (AvgIpc) is 2.85. The molecule has 0 aliphatic carbocycles. The van der Waals surface area contributed by atoms with Crippen molar-refractivity contribution in [2.24, 2.45) is 0 Å². The van der Waals surface area contributed by atoms with E-state index in [2.05, 4.69) is 0 Å². The number of hydrogen-bond acceptors (Lipinski definition) is 16. The molecule has 0 saturated carbocycles. The Morgan fingerprint density at radius 1 is 0.571 bits per heavy atom. The van der Waals surface area contributed by atoms with Crippen LogP contribution >= 0.6 is 0 Å². The molecule has 3 aliphatic rings. The lowest BCUT2D eigenvalue weighted by Gasteiger charge is -2.46. The molecule has 3 heterocycles. The van der Waals surface area contributed by atoms with E-state index in [1.165, 1.54) is 7.11 Å². The summed E-state index contributed by atoms with van der Waals surface area (Å²) in [7, 11) is 1.21. The van der Waals surface area contributed by atoms with Crippen LogP contribution in [0, 0.1) is 0 Å². The lowest BCUT2D eigenvalue weighted by molar-refractivity contribution is -0.363. The zero-order valence-corrected chi connectivity index (χ0v) is 18.7. The molecule has 10 N–H and O–H groups in total. The Labute approximate surface area is 199 Å². The number of aliphatic hydroxyl groups is 10. The van der Waals surface area contributed by atoms with Crippen molar-refractivity contribution in [1.82, 2.24) is 0 Å². The van der Waals surface area contributed by atoms with Gasteiger partial charge in [0.05, 0.1) is 19.8 Å². The Morgan fingerprint density at radius 2 is 1.14 bits per heavy atom. The van der Waals surface area contributed by atoms with Crippen molar-refractivity contribution in [3.05, 3.63) is 0 Å². The highest BCUT2D eigenvalue weighted by Gasteiger charge is 2.51. The van der Waals surface area contributed by atoms with Crippen LogP contribution in [0.25, 0.3) is 0 Å². The maximum atomic E-state index is 10.5. The lowest BCUT2D eigenvalue weighted by Crippen LogP contribution is -2.65. The minimum absolute atomic E-state index is 0.473. The van der Waals surface area contributed by atoms with Crippen LogP contribution in [0.15, 0.2) is 0 Å². The molecule has 0 spiro atoms. The number of methoxy groups -OCH3 is 1. The summed E-state index contributed by atoms with van der Waals surface area (Å²) < 4.78 is 32.0. The van der Waals surface area contributed by atoms with Crippen LogP contribution in [0.3, 0.4) is 0 Å². The van der Waals surface area contributed by atoms with Gasteiger partial charge in [0.1, 0.15) is 73.2 Å². The molecule has 35 heavy (non-hydrogen) atoms. The number of hydrogen-bond donors (Lipinski definition) is 10. The van der Waals surface area contributed by atoms with E-state index in [0.29, 0.717) is 0 Å². The monoisotopic (exact) mass is 518 g/mol. The standard InChI is InChI=1S/C19H34O16/c1-30-15-7(4-31-18-13(27)9(23)8(22)5(2-20)33-18)34-19(14(28)11(15)25)35-16-6(3-21)32-17(29)12(26)10(16)24/h5-29H,2-4H2,1H3/t5?,6?,7?,8-,9-,10+,11+,12?,13?,14?,15-,16-,17+,18+,19-/m0/s1. The second-order valence-corrected chi connectivity index (χ2v) is 8.58. The van der Waals surface area contributed by atoms with Gasteiger partial charge in [-0.05, 0) is 0 Å². The Bertz CT molecular complexity index is 652. The molecule has 6 unspecified atom stereocenters. The van der Waals surface area contributed by atoms with Crippen molar-refractivity contribution in [2.75, 3.05) is 26.9 Å². The second-order valence-electron chi connectivity index (χ2n) is 8.58. The molecule has 0 radical (unpaired) electrons. The van der Waals surface area contributed by atoms with Crippen molar-refractivity contribution >= 4 is 0 Å². The molecule has 206 valence electrons. The maximum Gasteiger partial charge on any atom is 0.187 e. The van der Waals surface area contributed by atoms with E-state index in [0.717, 1.165) is 0 Å². The third-order valence-electron chi connectivity index (χ3n) is 6.32. The summed E-state index contributed by atoms with van der Waals surface area (Å²) in [6.07, 6.45) is -23.3. The van der Waals surface area contributed by atoms with E-state index in [1.807, 2.05) is 0 Å². The van der Waals surface area contributed by atoms with Crippen LogP contribution in [-0.2, 0) is 28.4 Å². The third-order valence-corrected chi connectivity index (χ3v) is 6.32. The fraction of sp³-hybridized carbons (Fsp3) is 1.00. The molecule has 3 rings (SSSR count). The quantitative estimate of drug-likeness (QED) is 0.143. The van der Waals surface area contributed by atoms with Gasteiger partial charge in [-0.2, -0.15) is 0 Å². The molecule has 15 atom stereocenters. The predicted molar refractivity (Wildman–Crippen MR) is 106 cm³/mol. The summed E-state index contributed by atoms with van der Waals surface area (Å²) in [6.45, 7) is -1.88. The molecule has 16 heteroatoms. The van der Waals surface area contributed by atoms with E-state index in [4.69, 9.17) is 28.4 Å². The molecule has 0 aromatic heterocycles. The molecule has 0 amide bonds. The van der Waals surface area contributed by atoms with Gasteiger partial charge in [-0.15, -0.1) is 0 Å². The fourth-order valence-electron chi connectivity index (χ4n) is 4.23. The van der Waals surface area contributed by atoms with E-state index < -0.39 is 112 Å². The summed E-state index contributed by atoms with van der Waals surface area (Å²) in [5.41, 5.74) is 0. The summed E-state index contributed by atoms with van der Waals surface area (Å²) in [4.78, 5) is 0. The summed E-state index contributed by atoms with van der Waals surface area (Å²) in [5.74, 6) is 0. The number of aliphatic hydroxyl groups excluding tert-OH is 10.